The first kappa shape index (κ1) is 11.4. The van der Waals surface area contributed by atoms with E-state index in [0.717, 1.165) is 11.8 Å². The fraction of sp³-hybridized carbons (Fsp3) is 1.00. The van der Waals surface area contributed by atoms with E-state index in [-0.39, 0.29) is 0 Å². The van der Waals surface area contributed by atoms with Crippen molar-refractivity contribution >= 4 is 12.6 Å². The van der Waals surface area contributed by atoms with Crippen molar-refractivity contribution in [2.45, 2.75) is 52.2 Å². The minimum Gasteiger partial charge on any atom is -0.176 e. The molecule has 0 aliphatic carbocycles. The Labute approximate surface area is 77.2 Å². The summed E-state index contributed by atoms with van der Waals surface area (Å²) in [5.74, 6) is 1.57. The summed E-state index contributed by atoms with van der Waals surface area (Å²) in [5.41, 5.74) is 0. The van der Waals surface area contributed by atoms with Gasteiger partial charge in [-0.3, -0.25) is 0 Å². The highest BCUT2D eigenvalue weighted by molar-refractivity contribution is 7.81. The van der Waals surface area contributed by atoms with Gasteiger partial charge in [-0.2, -0.15) is 12.6 Å². The van der Waals surface area contributed by atoms with Gasteiger partial charge in [0.2, 0.25) is 0 Å². The van der Waals surface area contributed by atoms with Gasteiger partial charge >= 0.3 is 0 Å². The predicted octanol–water partition coefficient (Wildman–Crippen LogP) is 3.77. The molecule has 0 saturated heterocycles. The first-order chi connectivity index (χ1) is 5.07. The van der Waals surface area contributed by atoms with Crippen LogP contribution in [-0.4, -0.2) is 5.25 Å². The third-order valence-electron chi connectivity index (χ3n) is 2.11. The predicted molar refractivity (Wildman–Crippen MR) is 56.3 cm³/mol. The maximum Gasteiger partial charge on any atom is 0.00448 e. The van der Waals surface area contributed by atoms with Crippen LogP contribution >= 0.6 is 12.6 Å². The van der Waals surface area contributed by atoms with Crippen LogP contribution < -0.4 is 0 Å². The zero-order valence-electron chi connectivity index (χ0n) is 8.30. The molecule has 0 heterocycles. The first-order valence-electron chi connectivity index (χ1n) is 4.76. The average molecular weight is 174 g/mol. The second-order valence-electron chi connectivity index (χ2n) is 3.96. The maximum atomic E-state index is 4.60. The molecule has 0 saturated carbocycles. The Kier molecular flexibility index (Phi) is 6.12. The minimum absolute atomic E-state index is 0.606. The molecule has 0 spiro atoms. The molecule has 0 nitrogen and oxygen atoms in total. The lowest BCUT2D eigenvalue weighted by Crippen LogP contribution is -2.13. The van der Waals surface area contributed by atoms with Crippen LogP contribution in [0.1, 0.15) is 47.0 Å². The molecular weight excluding hydrogens is 152 g/mol. The van der Waals surface area contributed by atoms with Crippen molar-refractivity contribution in [3.63, 3.8) is 0 Å². The normalized spacial score (nSPS) is 16.9. The Morgan fingerprint density at radius 2 is 1.73 bits per heavy atom. The standard InChI is InChI=1S/C10H22S/c1-5-6-9(4)10(11)7-8(2)3/h8-11H,5-7H2,1-4H3/t9-,10?/m0/s1. The van der Waals surface area contributed by atoms with Crippen LogP contribution in [0.2, 0.25) is 0 Å². The summed E-state index contributed by atoms with van der Waals surface area (Å²) >= 11 is 4.60. The van der Waals surface area contributed by atoms with Gasteiger partial charge in [0, 0.05) is 5.25 Å². The van der Waals surface area contributed by atoms with Crippen LogP contribution in [0.4, 0.5) is 0 Å². The van der Waals surface area contributed by atoms with Crippen LogP contribution in [-0.2, 0) is 0 Å². The van der Waals surface area contributed by atoms with Crippen molar-refractivity contribution in [2.75, 3.05) is 0 Å². The first-order valence-corrected chi connectivity index (χ1v) is 5.27. The minimum atomic E-state index is 0.606. The molecule has 0 aliphatic rings. The van der Waals surface area contributed by atoms with E-state index in [1.165, 1.54) is 19.3 Å². The van der Waals surface area contributed by atoms with Gasteiger partial charge in [-0.15, -0.1) is 0 Å². The fourth-order valence-corrected chi connectivity index (χ4v) is 1.93. The van der Waals surface area contributed by atoms with E-state index in [4.69, 9.17) is 0 Å². The summed E-state index contributed by atoms with van der Waals surface area (Å²) < 4.78 is 0. The van der Waals surface area contributed by atoms with Crippen molar-refractivity contribution in [3.8, 4) is 0 Å². The molecule has 0 N–H and O–H groups in total. The van der Waals surface area contributed by atoms with Gasteiger partial charge in [0.1, 0.15) is 0 Å². The molecule has 0 bridgehead atoms. The Morgan fingerprint density at radius 1 is 1.18 bits per heavy atom. The summed E-state index contributed by atoms with van der Waals surface area (Å²) in [6, 6.07) is 0. The van der Waals surface area contributed by atoms with Gasteiger partial charge in [-0.05, 0) is 24.7 Å². The van der Waals surface area contributed by atoms with Crippen LogP contribution in [0.25, 0.3) is 0 Å². The molecule has 0 amide bonds. The molecule has 0 aromatic carbocycles. The van der Waals surface area contributed by atoms with Crippen LogP contribution in [0.3, 0.4) is 0 Å². The van der Waals surface area contributed by atoms with Gasteiger partial charge in [0.05, 0.1) is 0 Å². The summed E-state index contributed by atoms with van der Waals surface area (Å²) in [5, 5.41) is 0.606. The molecule has 0 aliphatic heterocycles. The summed E-state index contributed by atoms with van der Waals surface area (Å²) in [6.45, 7) is 9.08. The monoisotopic (exact) mass is 174 g/mol. The molecule has 0 radical (unpaired) electrons. The molecule has 0 rings (SSSR count). The molecule has 1 heteroatoms. The quantitative estimate of drug-likeness (QED) is 0.603. The summed E-state index contributed by atoms with van der Waals surface area (Å²) in [4.78, 5) is 0. The smallest absolute Gasteiger partial charge is 0.00448 e. The topological polar surface area (TPSA) is 0 Å². The average Bonchev–Trinajstić information content (AvgIpc) is 1.86. The molecular formula is C10H22S. The van der Waals surface area contributed by atoms with E-state index in [0.29, 0.717) is 5.25 Å². The fourth-order valence-electron chi connectivity index (χ4n) is 1.36. The lowest BCUT2D eigenvalue weighted by atomic mass is 9.95. The Bertz CT molecular complexity index is 88.9. The van der Waals surface area contributed by atoms with Gasteiger partial charge in [-0.25, -0.2) is 0 Å². The molecule has 0 fully saturated rings. The highest BCUT2D eigenvalue weighted by Crippen LogP contribution is 2.21. The molecule has 1 unspecified atom stereocenters. The summed E-state index contributed by atoms with van der Waals surface area (Å²) in [7, 11) is 0. The second kappa shape index (κ2) is 5.93. The third kappa shape index (κ3) is 5.60. The van der Waals surface area contributed by atoms with Gasteiger partial charge in [0.15, 0.2) is 0 Å². The highest BCUT2D eigenvalue weighted by atomic mass is 32.1. The van der Waals surface area contributed by atoms with E-state index in [1.807, 2.05) is 0 Å². The Balaban J connectivity index is 3.54. The Hall–Kier alpha value is 0.350. The van der Waals surface area contributed by atoms with Crippen LogP contribution in [0, 0.1) is 11.8 Å². The van der Waals surface area contributed by atoms with E-state index >= 15 is 0 Å². The summed E-state index contributed by atoms with van der Waals surface area (Å²) in [6.07, 6.45) is 3.86. The zero-order chi connectivity index (χ0) is 8.85. The van der Waals surface area contributed by atoms with Crippen molar-refractivity contribution in [1.29, 1.82) is 0 Å². The van der Waals surface area contributed by atoms with Gasteiger partial charge in [0.25, 0.3) is 0 Å². The molecule has 2 atom stereocenters. The number of thiol groups is 1. The van der Waals surface area contributed by atoms with Crippen LogP contribution in [0.15, 0.2) is 0 Å². The van der Waals surface area contributed by atoms with Crippen LogP contribution in [0.5, 0.6) is 0 Å². The number of hydrogen-bond acceptors (Lipinski definition) is 1. The molecule has 0 aromatic rings. The van der Waals surface area contributed by atoms with Crippen molar-refractivity contribution < 1.29 is 0 Å². The zero-order valence-corrected chi connectivity index (χ0v) is 9.20. The second-order valence-corrected chi connectivity index (χ2v) is 4.63. The SMILES string of the molecule is CCC[C@H](C)C(S)CC(C)C. The van der Waals surface area contributed by atoms with E-state index in [1.54, 1.807) is 0 Å². The van der Waals surface area contributed by atoms with E-state index < -0.39 is 0 Å². The Morgan fingerprint density at radius 3 is 2.09 bits per heavy atom. The van der Waals surface area contributed by atoms with E-state index in [9.17, 15) is 0 Å². The number of hydrogen-bond donors (Lipinski definition) is 1. The van der Waals surface area contributed by atoms with Gasteiger partial charge in [-0.1, -0.05) is 34.1 Å². The third-order valence-corrected chi connectivity index (χ3v) is 2.83. The lowest BCUT2D eigenvalue weighted by Gasteiger charge is -2.19. The molecule has 68 valence electrons. The van der Waals surface area contributed by atoms with Crippen molar-refractivity contribution in [1.82, 2.24) is 0 Å². The van der Waals surface area contributed by atoms with Crippen molar-refractivity contribution in [3.05, 3.63) is 0 Å². The highest BCUT2D eigenvalue weighted by Gasteiger charge is 2.12. The lowest BCUT2D eigenvalue weighted by molar-refractivity contribution is 0.440. The molecule has 0 aromatic heterocycles. The van der Waals surface area contributed by atoms with E-state index in [2.05, 4.69) is 40.3 Å². The van der Waals surface area contributed by atoms with Crippen molar-refractivity contribution in [2.24, 2.45) is 11.8 Å². The largest absolute Gasteiger partial charge is 0.176 e. The van der Waals surface area contributed by atoms with Gasteiger partial charge < -0.3 is 0 Å². The maximum absolute atomic E-state index is 4.60. The molecule has 11 heavy (non-hydrogen) atoms. The number of rotatable bonds is 5.